The highest BCUT2D eigenvalue weighted by atomic mass is 19.4. The van der Waals surface area contributed by atoms with Gasteiger partial charge in [0.1, 0.15) is 5.69 Å². The second-order valence-electron chi connectivity index (χ2n) is 6.96. The monoisotopic (exact) mass is 376 g/mol. The number of halogens is 3. The summed E-state index contributed by atoms with van der Waals surface area (Å²) < 4.78 is 43.1. The zero-order valence-electron chi connectivity index (χ0n) is 15.0. The van der Waals surface area contributed by atoms with Crippen molar-refractivity contribution < 1.29 is 22.7 Å². The molecule has 27 heavy (non-hydrogen) atoms. The molecular formula is C20H19F3N2O2. The van der Waals surface area contributed by atoms with Gasteiger partial charge < -0.3 is 4.74 Å². The quantitative estimate of drug-likeness (QED) is 0.599. The van der Waals surface area contributed by atoms with Gasteiger partial charge in [0.15, 0.2) is 6.61 Å². The highest BCUT2D eigenvalue weighted by molar-refractivity contribution is 5.93. The van der Waals surface area contributed by atoms with E-state index in [1.165, 1.54) is 0 Å². The van der Waals surface area contributed by atoms with Crippen LogP contribution in [0.2, 0.25) is 0 Å². The van der Waals surface area contributed by atoms with Crippen molar-refractivity contribution >= 4 is 16.9 Å². The lowest BCUT2D eigenvalue weighted by Crippen LogP contribution is -2.34. The Morgan fingerprint density at radius 3 is 2.33 bits per heavy atom. The zero-order valence-corrected chi connectivity index (χ0v) is 15.0. The van der Waals surface area contributed by atoms with Crippen molar-refractivity contribution in [1.29, 1.82) is 0 Å². The number of alkyl halides is 3. The molecule has 7 heteroatoms. The average Bonchev–Trinajstić information content (AvgIpc) is 2.98. The minimum atomic E-state index is -4.55. The number of carbonyl (C=O) groups excluding carboxylic acids is 1. The first kappa shape index (κ1) is 18.9. The third kappa shape index (κ3) is 4.30. The zero-order chi connectivity index (χ0) is 19.7. The number of aromatic nitrogens is 2. The first-order chi connectivity index (χ1) is 12.7. The van der Waals surface area contributed by atoms with Crippen LogP contribution < -0.4 is 0 Å². The van der Waals surface area contributed by atoms with E-state index in [0.29, 0.717) is 0 Å². The number of ether oxygens (including phenoxy) is 1. The third-order valence-corrected chi connectivity index (χ3v) is 4.17. The third-order valence-electron chi connectivity index (χ3n) is 4.17. The van der Waals surface area contributed by atoms with Crippen LogP contribution in [0.15, 0.2) is 54.6 Å². The summed E-state index contributed by atoms with van der Waals surface area (Å²) in [5, 5.41) is 5.53. The smallest absolute Gasteiger partial charge is 0.422 e. The summed E-state index contributed by atoms with van der Waals surface area (Å²) in [5.41, 5.74) is 1.30. The Bertz CT molecular complexity index is 947. The number of para-hydroxylation sites is 1. The maximum Gasteiger partial charge on any atom is 0.422 e. The van der Waals surface area contributed by atoms with Gasteiger partial charge in [-0.05, 0) is 19.9 Å². The fourth-order valence-electron chi connectivity index (χ4n) is 2.84. The molecule has 1 aromatic heterocycles. The predicted octanol–water partition coefficient (Wildman–Crippen LogP) is 4.84. The van der Waals surface area contributed by atoms with Crippen molar-refractivity contribution in [1.82, 2.24) is 9.78 Å². The van der Waals surface area contributed by atoms with Gasteiger partial charge in [0.25, 0.3) is 0 Å². The Morgan fingerprint density at radius 2 is 1.67 bits per heavy atom. The number of rotatable bonds is 5. The van der Waals surface area contributed by atoms with E-state index in [9.17, 15) is 18.0 Å². The Balaban J connectivity index is 1.92. The topological polar surface area (TPSA) is 44.1 Å². The van der Waals surface area contributed by atoms with Gasteiger partial charge in [-0.15, -0.1) is 0 Å². The normalized spacial score (nSPS) is 12.3. The van der Waals surface area contributed by atoms with E-state index in [-0.39, 0.29) is 6.54 Å². The first-order valence-electron chi connectivity index (χ1n) is 8.42. The molecule has 142 valence electrons. The van der Waals surface area contributed by atoms with Crippen molar-refractivity contribution in [3.8, 4) is 11.3 Å². The van der Waals surface area contributed by atoms with E-state index in [1.54, 1.807) is 18.5 Å². The number of carbonyl (C=O) groups is 1. The minimum Gasteiger partial charge on any atom is -0.456 e. The van der Waals surface area contributed by atoms with E-state index in [4.69, 9.17) is 0 Å². The number of esters is 1. The summed E-state index contributed by atoms with van der Waals surface area (Å²) >= 11 is 0. The number of hydrogen-bond acceptors (Lipinski definition) is 3. The molecule has 0 atom stereocenters. The van der Waals surface area contributed by atoms with Crippen molar-refractivity contribution in [2.75, 3.05) is 6.61 Å². The van der Waals surface area contributed by atoms with E-state index < -0.39 is 24.2 Å². The van der Waals surface area contributed by atoms with Gasteiger partial charge in [-0.2, -0.15) is 18.3 Å². The number of fused-ring (bicyclic) bond motifs is 1. The fraction of sp³-hybridized carbons (Fsp3) is 0.300. The average molecular weight is 376 g/mol. The molecule has 0 spiro atoms. The second-order valence-corrected chi connectivity index (χ2v) is 6.96. The molecule has 3 rings (SSSR count). The Kier molecular flexibility index (Phi) is 4.95. The molecule has 0 radical (unpaired) electrons. The first-order valence-corrected chi connectivity index (χ1v) is 8.42. The molecule has 0 N–H and O–H groups in total. The molecule has 0 unspecified atom stereocenters. The molecule has 0 saturated carbocycles. The number of benzene rings is 2. The molecule has 0 amide bonds. The molecule has 0 aliphatic heterocycles. The molecular weight excluding hydrogens is 357 g/mol. The van der Waals surface area contributed by atoms with Crippen LogP contribution in [-0.2, 0) is 16.1 Å². The summed E-state index contributed by atoms with van der Waals surface area (Å²) in [5.74, 6) is -0.916. The van der Waals surface area contributed by atoms with E-state index in [0.717, 1.165) is 22.2 Å². The van der Waals surface area contributed by atoms with Gasteiger partial charge in [0.2, 0.25) is 0 Å². The summed E-state index contributed by atoms with van der Waals surface area (Å²) in [6.07, 6.45) is -4.55. The lowest BCUT2D eigenvalue weighted by Gasteiger charge is -2.23. The summed E-state index contributed by atoms with van der Waals surface area (Å²) in [7, 11) is 0. The van der Waals surface area contributed by atoms with Crippen molar-refractivity contribution in [2.45, 2.75) is 26.6 Å². The Labute approximate surface area is 154 Å². The predicted molar refractivity (Wildman–Crippen MR) is 96.0 cm³/mol. The summed E-state index contributed by atoms with van der Waals surface area (Å²) in [6.45, 7) is 1.59. The Morgan fingerprint density at radius 1 is 1.04 bits per heavy atom. The largest absolute Gasteiger partial charge is 0.456 e. The minimum absolute atomic E-state index is 0.0943. The lowest BCUT2D eigenvalue weighted by atomic mass is 9.94. The maximum absolute atomic E-state index is 12.3. The highest BCUT2D eigenvalue weighted by Crippen LogP contribution is 2.30. The van der Waals surface area contributed by atoms with E-state index in [1.807, 2.05) is 54.6 Å². The van der Waals surface area contributed by atoms with Gasteiger partial charge in [-0.3, -0.25) is 9.48 Å². The highest BCUT2D eigenvalue weighted by Gasteiger charge is 2.36. The molecule has 2 aromatic carbocycles. The van der Waals surface area contributed by atoms with Crippen molar-refractivity contribution in [3.63, 3.8) is 0 Å². The van der Waals surface area contributed by atoms with Crippen LogP contribution in [0.3, 0.4) is 0 Å². The molecule has 3 aromatic rings. The van der Waals surface area contributed by atoms with Crippen LogP contribution in [0, 0.1) is 5.41 Å². The van der Waals surface area contributed by atoms with E-state index >= 15 is 0 Å². The van der Waals surface area contributed by atoms with Crippen LogP contribution in [0.4, 0.5) is 13.2 Å². The molecule has 0 aliphatic rings. The van der Waals surface area contributed by atoms with Gasteiger partial charge in [0, 0.05) is 10.9 Å². The van der Waals surface area contributed by atoms with Gasteiger partial charge in [-0.25, -0.2) is 0 Å². The maximum atomic E-state index is 12.3. The van der Waals surface area contributed by atoms with Crippen LogP contribution in [0.25, 0.3) is 22.2 Å². The van der Waals surface area contributed by atoms with Gasteiger partial charge in [0.05, 0.1) is 17.5 Å². The number of hydrogen-bond donors (Lipinski definition) is 0. The standard InChI is InChI=1S/C20H19F3N2O2/c1-19(2,18(26)27-13-20(21,22)23)12-25-16-11-7-6-10-15(16)17(24-25)14-8-4-3-5-9-14/h3-11H,12-13H2,1-2H3. The second kappa shape index (κ2) is 7.06. The lowest BCUT2D eigenvalue weighted by molar-refractivity contribution is -0.193. The Hall–Kier alpha value is -2.83. The van der Waals surface area contributed by atoms with Crippen LogP contribution in [0.1, 0.15) is 13.8 Å². The van der Waals surface area contributed by atoms with Crippen LogP contribution in [-0.4, -0.2) is 28.5 Å². The van der Waals surface area contributed by atoms with Crippen LogP contribution >= 0.6 is 0 Å². The van der Waals surface area contributed by atoms with Crippen molar-refractivity contribution in [2.24, 2.45) is 5.41 Å². The summed E-state index contributed by atoms with van der Waals surface area (Å²) in [4.78, 5) is 12.2. The molecule has 4 nitrogen and oxygen atoms in total. The molecule has 0 bridgehead atoms. The number of nitrogens with zero attached hydrogens (tertiary/aromatic N) is 2. The molecule has 0 aliphatic carbocycles. The van der Waals surface area contributed by atoms with E-state index in [2.05, 4.69) is 9.84 Å². The van der Waals surface area contributed by atoms with Gasteiger partial charge >= 0.3 is 12.1 Å². The van der Waals surface area contributed by atoms with Crippen LogP contribution in [0.5, 0.6) is 0 Å². The SMILES string of the molecule is CC(C)(Cn1nc(-c2ccccc2)c2ccccc21)C(=O)OCC(F)(F)F. The fourth-order valence-corrected chi connectivity index (χ4v) is 2.84. The molecule has 1 heterocycles. The van der Waals surface area contributed by atoms with Gasteiger partial charge in [-0.1, -0.05) is 48.5 Å². The van der Waals surface area contributed by atoms with Crippen molar-refractivity contribution in [3.05, 3.63) is 54.6 Å². The molecule has 0 fully saturated rings. The molecule has 0 saturated heterocycles. The summed E-state index contributed by atoms with van der Waals surface area (Å²) in [6, 6.07) is 17.1.